The molecule has 3 aromatic carbocycles. The van der Waals surface area contributed by atoms with Crippen molar-refractivity contribution in [2.24, 2.45) is 10.8 Å². The number of hydrogen-bond acceptors (Lipinski definition) is 10. The van der Waals surface area contributed by atoms with Gasteiger partial charge in [0.05, 0.1) is 18.1 Å². The molecule has 0 aliphatic carbocycles. The Morgan fingerprint density at radius 3 is 1.30 bits per heavy atom. The third kappa shape index (κ3) is 15.3. The molecule has 73 heavy (non-hydrogen) atoms. The zero-order valence-electron chi connectivity index (χ0n) is 43.8. The lowest BCUT2D eigenvalue weighted by molar-refractivity contribution is -0.144. The number of hydrogen-bond donors (Lipinski definition) is 7. The zero-order chi connectivity index (χ0) is 53.8. The number of halogens is 1. The van der Waals surface area contributed by atoms with Gasteiger partial charge in [-0.25, -0.2) is 4.42 Å². The van der Waals surface area contributed by atoms with Crippen LogP contribution in [0.5, 0.6) is 0 Å². The van der Waals surface area contributed by atoms with Gasteiger partial charge in [0, 0.05) is 44.4 Å². The third-order valence-corrected chi connectivity index (χ3v) is 13.9. The van der Waals surface area contributed by atoms with Crippen molar-refractivity contribution in [1.82, 2.24) is 51.4 Å². The number of likely N-dealkylation sites (tertiary alicyclic amines) is 2. The predicted molar refractivity (Wildman–Crippen MR) is 280 cm³/mol. The number of carbonyl (C=O) groups is 8. The van der Waals surface area contributed by atoms with E-state index in [0.717, 1.165) is 11.1 Å². The summed E-state index contributed by atoms with van der Waals surface area (Å²) in [4.78, 5) is 112. The summed E-state index contributed by atoms with van der Waals surface area (Å²) < 4.78 is 1.23. The predicted octanol–water partition coefficient (Wildman–Crippen LogP) is 3.99. The highest BCUT2D eigenvalue weighted by atomic mass is 35.5. The molecule has 2 fully saturated rings. The van der Waals surface area contributed by atoms with E-state index in [2.05, 4.69) is 37.2 Å². The van der Waals surface area contributed by atoms with Gasteiger partial charge in [-0.2, -0.15) is 0 Å². The molecule has 0 saturated carbocycles. The van der Waals surface area contributed by atoms with E-state index in [1.54, 1.807) is 27.9 Å². The Morgan fingerprint density at radius 1 is 0.589 bits per heavy atom. The molecular weight excluding hydrogens is 952 g/mol. The van der Waals surface area contributed by atoms with Gasteiger partial charge in [0.15, 0.2) is 0 Å². The summed E-state index contributed by atoms with van der Waals surface area (Å²) in [5.41, 5.74) is 0.678. The second-order valence-corrected chi connectivity index (χ2v) is 21.7. The fourth-order valence-corrected chi connectivity index (χ4v) is 8.92. The minimum Gasteiger partial charge on any atom is -0.350 e. The van der Waals surface area contributed by atoms with Crippen LogP contribution in [-0.2, 0) is 28.8 Å². The van der Waals surface area contributed by atoms with Crippen LogP contribution in [0.1, 0.15) is 125 Å². The number of amides is 8. The van der Waals surface area contributed by atoms with Crippen LogP contribution in [0.25, 0.3) is 0 Å². The number of carbonyl (C=O) groups excluding carboxylic acids is 8. The summed E-state index contributed by atoms with van der Waals surface area (Å²) in [6, 6.07) is 18.5. The van der Waals surface area contributed by atoms with Crippen LogP contribution in [0, 0.1) is 10.8 Å². The molecule has 2 aliphatic rings. The molecule has 2 saturated heterocycles. The van der Waals surface area contributed by atoms with Gasteiger partial charge in [0.2, 0.25) is 35.4 Å². The summed E-state index contributed by atoms with van der Waals surface area (Å²) >= 11 is 6.05. The second kappa shape index (κ2) is 25.5. The number of nitrogens with one attached hydrogen (secondary N) is 7. The van der Waals surface area contributed by atoms with Crippen molar-refractivity contribution in [3.63, 3.8) is 0 Å². The van der Waals surface area contributed by atoms with Crippen molar-refractivity contribution in [3.05, 3.63) is 107 Å². The lowest BCUT2D eigenvalue weighted by Gasteiger charge is -2.36. The van der Waals surface area contributed by atoms with Crippen molar-refractivity contribution in [2.75, 3.05) is 40.3 Å². The third-order valence-electron chi connectivity index (χ3n) is 13.6. The Hall–Kier alpha value is -6.37. The summed E-state index contributed by atoms with van der Waals surface area (Å²) in [5, 5.41) is 20.6. The summed E-state index contributed by atoms with van der Waals surface area (Å²) in [5.74, 6) is -3.12. The Kier molecular flexibility index (Phi) is 20.1. The molecule has 0 spiro atoms. The molecule has 0 bridgehead atoms. The van der Waals surface area contributed by atoms with E-state index >= 15 is 0 Å². The molecule has 7 N–H and O–H groups in total. The van der Waals surface area contributed by atoms with E-state index in [1.807, 2.05) is 102 Å². The highest BCUT2D eigenvalue weighted by Crippen LogP contribution is 2.29. The van der Waals surface area contributed by atoms with Gasteiger partial charge in [0.25, 0.3) is 11.8 Å². The molecule has 0 aromatic heterocycles. The van der Waals surface area contributed by atoms with E-state index in [1.165, 1.54) is 38.5 Å². The maximum Gasteiger partial charge on any atom is 0.251 e. The van der Waals surface area contributed by atoms with Crippen LogP contribution in [0.4, 0.5) is 0 Å². The Bertz CT molecular complexity index is 2410. The molecule has 5 rings (SSSR count). The lowest BCUT2D eigenvalue weighted by Crippen LogP contribution is -2.59. The van der Waals surface area contributed by atoms with Crippen LogP contribution in [0.3, 0.4) is 0 Å². The topological polar surface area (TPSA) is 230 Å². The molecule has 0 unspecified atom stereocenters. The van der Waals surface area contributed by atoms with Crippen molar-refractivity contribution in [1.29, 1.82) is 0 Å². The summed E-state index contributed by atoms with van der Waals surface area (Å²) in [6.07, 6.45) is 2.04. The van der Waals surface area contributed by atoms with E-state index in [4.69, 9.17) is 11.8 Å². The first-order chi connectivity index (χ1) is 34.4. The highest BCUT2D eigenvalue weighted by molar-refractivity contribution is 6.14. The average molecular weight is 1030 g/mol. The molecule has 18 nitrogen and oxygen atoms in total. The van der Waals surface area contributed by atoms with E-state index < -0.39 is 82.8 Å². The molecule has 19 heteroatoms. The summed E-state index contributed by atoms with van der Waals surface area (Å²) in [6.45, 7) is 15.2. The second-order valence-electron chi connectivity index (χ2n) is 21.1. The smallest absolute Gasteiger partial charge is 0.251 e. The fraction of sp³-hybridized carbons (Fsp3) is 0.519. The van der Waals surface area contributed by atoms with Crippen LogP contribution >= 0.6 is 11.8 Å². The van der Waals surface area contributed by atoms with Crippen molar-refractivity contribution < 1.29 is 38.4 Å². The highest BCUT2D eigenvalue weighted by Gasteiger charge is 2.44. The Balaban J connectivity index is 1.22. The number of nitrogens with zero attached hydrogens (tertiary/aromatic N) is 3. The van der Waals surface area contributed by atoms with Gasteiger partial charge in [-0.3, -0.25) is 38.4 Å². The lowest BCUT2D eigenvalue weighted by atomic mass is 9.85. The van der Waals surface area contributed by atoms with Gasteiger partial charge >= 0.3 is 0 Å². The molecule has 8 atom stereocenters. The number of rotatable bonds is 20. The molecule has 8 amide bonds. The minimum absolute atomic E-state index is 0.00501. The van der Waals surface area contributed by atoms with E-state index in [9.17, 15) is 38.4 Å². The molecule has 0 radical (unpaired) electrons. The van der Waals surface area contributed by atoms with Crippen molar-refractivity contribution >= 4 is 59.0 Å². The van der Waals surface area contributed by atoms with Crippen molar-refractivity contribution in [2.45, 2.75) is 129 Å². The van der Waals surface area contributed by atoms with E-state index in [0.29, 0.717) is 38.8 Å². The first-order valence-electron chi connectivity index (χ1n) is 25.1. The van der Waals surface area contributed by atoms with Gasteiger partial charge in [-0.1, -0.05) is 102 Å². The molecule has 3 aromatic rings. The monoisotopic (exact) mass is 1030 g/mol. The first-order valence-corrected chi connectivity index (χ1v) is 25.4. The standard InChI is InChI=1S/C54H75ClN10O8/c1-33(56-9)45(66)61-43(53(3,4)5)51(72)64-29-17-23-41(64)49(70)59-39(35-19-13-11-14-20-35)31-57-47(68)37-25-27-38(28-26-37)48(69)58-32-40(36-21-15-12-16-22-36)60-50(71)42-24-18-30-65(42)52(73)44(54(6,7)8)62-46(67)34(2)63(10)55/h11-16,19-22,25-28,33-34,39-44,56H,17-18,23-24,29-32H2,1-10H3,(H,57,68)(H,58,69)(H,59,70)(H,60,71)(H,61,66)(H,62,67)/t33-,34-,39+,40+,41-,42-,43+,44+/m0/s1. The van der Waals surface area contributed by atoms with Gasteiger partial charge in [-0.15, -0.1) is 0 Å². The Labute approximate surface area is 435 Å². The first kappa shape index (κ1) is 57.5. The van der Waals surface area contributed by atoms with Gasteiger partial charge < -0.3 is 47.0 Å². The number of likely N-dealkylation sites (N-methyl/N-ethyl adjacent to an activating group) is 2. The maximum atomic E-state index is 14.1. The van der Waals surface area contributed by atoms with Crippen LogP contribution < -0.4 is 37.2 Å². The zero-order valence-corrected chi connectivity index (χ0v) is 44.6. The fourth-order valence-electron chi connectivity index (χ4n) is 8.84. The quantitative estimate of drug-likeness (QED) is 0.0806. The van der Waals surface area contributed by atoms with Gasteiger partial charge in [-0.05, 0) is 105 Å². The average Bonchev–Trinajstić information content (AvgIpc) is 4.08. The normalized spacial score (nSPS) is 18.4. The molecule has 2 heterocycles. The number of benzene rings is 3. The minimum atomic E-state index is -0.926. The summed E-state index contributed by atoms with van der Waals surface area (Å²) in [7, 11) is 3.22. The van der Waals surface area contributed by atoms with Crippen LogP contribution in [-0.4, -0.2) is 138 Å². The molecule has 396 valence electrons. The van der Waals surface area contributed by atoms with Crippen LogP contribution in [0.15, 0.2) is 84.9 Å². The van der Waals surface area contributed by atoms with Crippen molar-refractivity contribution in [3.8, 4) is 0 Å². The Morgan fingerprint density at radius 2 is 0.959 bits per heavy atom. The van der Waals surface area contributed by atoms with Gasteiger partial charge in [0.1, 0.15) is 30.2 Å². The molecular formula is C54H75ClN10O8. The SMILES string of the molecule is CN[C@@H](C)C(=O)N[C@H](C(=O)N1CCC[C@H]1C(=O)N[C@H](CNC(=O)c1ccc(C(=O)NC[C@@H](NC(=O)[C@@H]2CCCN2C(=O)[C@@H](NC(=O)[C@H](C)N(C)Cl)C(C)(C)C)c2ccccc2)cc1)c1ccccc1)C(C)(C)C. The largest absolute Gasteiger partial charge is 0.350 e. The molecule has 2 aliphatic heterocycles. The maximum absolute atomic E-state index is 14.1. The van der Waals surface area contributed by atoms with E-state index in [-0.39, 0.29) is 47.8 Å². The van der Waals surface area contributed by atoms with Crippen LogP contribution in [0.2, 0.25) is 0 Å².